The van der Waals surface area contributed by atoms with E-state index < -0.39 is 10.0 Å². The minimum atomic E-state index is -3.85. The maximum atomic E-state index is 13.0. The van der Waals surface area contributed by atoms with Crippen molar-refractivity contribution in [3.63, 3.8) is 0 Å². The van der Waals surface area contributed by atoms with Crippen LogP contribution in [-0.4, -0.2) is 39.9 Å². The highest BCUT2D eigenvalue weighted by Gasteiger charge is 2.22. The van der Waals surface area contributed by atoms with Gasteiger partial charge in [-0.3, -0.25) is 4.72 Å². The third-order valence-corrected chi connectivity index (χ3v) is 7.20. The molecule has 0 spiro atoms. The van der Waals surface area contributed by atoms with Gasteiger partial charge in [-0.1, -0.05) is 5.16 Å². The first kappa shape index (κ1) is 24.2. The van der Waals surface area contributed by atoms with Crippen LogP contribution in [0.3, 0.4) is 0 Å². The smallest absolute Gasteiger partial charge is 0.294 e. The molecule has 0 aliphatic heterocycles. The highest BCUT2D eigenvalue weighted by molar-refractivity contribution is 7.92. The highest BCUT2D eigenvalue weighted by atomic mass is 32.2. The molecule has 0 saturated heterocycles. The second kappa shape index (κ2) is 9.51. The van der Waals surface area contributed by atoms with E-state index in [1.807, 2.05) is 0 Å². The average molecular weight is 522 g/mol. The van der Waals surface area contributed by atoms with Gasteiger partial charge in [-0.15, -0.1) is 0 Å². The minimum Gasteiger partial charge on any atom is -0.497 e. The molecule has 0 bridgehead atoms. The molecule has 10 nitrogen and oxygen atoms in total. The second-order valence-corrected chi connectivity index (χ2v) is 9.72. The van der Waals surface area contributed by atoms with Crippen LogP contribution in [0.25, 0.3) is 34.0 Å². The summed E-state index contributed by atoms with van der Waals surface area (Å²) in [4.78, 5) is 4.56. The van der Waals surface area contributed by atoms with Crippen molar-refractivity contribution in [2.75, 3.05) is 26.1 Å². The Balaban J connectivity index is 1.46. The first-order valence-corrected chi connectivity index (χ1v) is 12.6. The maximum Gasteiger partial charge on any atom is 0.294 e. The summed E-state index contributed by atoms with van der Waals surface area (Å²) in [5, 5.41) is 4.67. The number of rotatable bonds is 8. The van der Waals surface area contributed by atoms with Crippen LogP contribution in [0.4, 0.5) is 5.69 Å². The Morgan fingerprint density at radius 1 is 0.865 bits per heavy atom. The van der Waals surface area contributed by atoms with Crippen molar-refractivity contribution in [3.05, 3.63) is 66.2 Å². The molecule has 0 saturated carbocycles. The van der Waals surface area contributed by atoms with Gasteiger partial charge in [0, 0.05) is 22.2 Å². The minimum absolute atomic E-state index is 0.0859. The average Bonchev–Trinajstić information content (AvgIpc) is 3.53. The molecule has 0 atom stereocenters. The monoisotopic (exact) mass is 521 g/mol. The number of sulfonamides is 1. The normalized spacial score (nSPS) is 11.5. The SMILES string of the molecule is COc1ccc(NS(=O)(=O)c2ccc3oc(-c4nc(-c5ccc(OC)c(OC)c5)no4)c(C)c3c2)cc1. The van der Waals surface area contributed by atoms with Crippen LogP contribution in [0.1, 0.15) is 5.56 Å². The lowest BCUT2D eigenvalue weighted by atomic mass is 10.1. The summed E-state index contributed by atoms with van der Waals surface area (Å²) in [5.74, 6) is 2.59. The summed E-state index contributed by atoms with van der Waals surface area (Å²) in [6.45, 7) is 1.80. The molecule has 0 radical (unpaired) electrons. The Bertz CT molecular complexity index is 1690. The summed E-state index contributed by atoms with van der Waals surface area (Å²) in [6.07, 6.45) is 0. The molecule has 5 rings (SSSR count). The van der Waals surface area contributed by atoms with Gasteiger partial charge in [0.25, 0.3) is 15.9 Å². The van der Waals surface area contributed by atoms with E-state index in [4.69, 9.17) is 23.2 Å². The summed E-state index contributed by atoms with van der Waals surface area (Å²) in [5.41, 5.74) is 2.24. The number of anilines is 1. The number of hydrogen-bond acceptors (Lipinski definition) is 9. The van der Waals surface area contributed by atoms with Crippen LogP contribution < -0.4 is 18.9 Å². The van der Waals surface area contributed by atoms with Gasteiger partial charge in [0.15, 0.2) is 17.3 Å². The standard InChI is InChI=1S/C26H23N3O7S/c1-15-20-14-19(37(30,31)29-17-6-8-18(32-2)9-7-17)10-12-21(20)35-24(15)26-27-25(28-36-26)16-5-11-22(33-3)23(13-16)34-4/h5-14,29H,1-4H3. The van der Waals surface area contributed by atoms with E-state index in [1.165, 1.54) is 6.07 Å². The van der Waals surface area contributed by atoms with E-state index in [9.17, 15) is 8.42 Å². The van der Waals surface area contributed by atoms with Crippen molar-refractivity contribution in [3.8, 4) is 40.3 Å². The molecule has 2 heterocycles. The number of aromatic nitrogens is 2. The fraction of sp³-hybridized carbons (Fsp3) is 0.154. The summed E-state index contributed by atoms with van der Waals surface area (Å²) >= 11 is 0. The number of methoxy groups -OCH3 is 3. The fourth-order valence-electron chi connectivity index (χ4n) is 3.85. The van der Waals surface area contributed by atoms with Crippen molar-refractivity contribution >= 4 is 26.7 Å². The number of ether oxygens (including phenoxy) is 3. The van der Waals surface area contributed by atoms with E-state index in [0.29, 0.717) is 56.6 Å². The largest absolute Gasteiger partial charge is 0.497 e. The van der Waals surface area contributed by atoms with Gasteiger partial charge in [-0.05, 0) is 67.6 Å². The van der Waals surface area contributed by atoms with Crippen LogP contribution in [0.15, 0.2) is 74.5 Å². The third-order valence-electron chi connectivity index (χ3n) is 5.82. The molecule has 0 aliphatic carbocycles. The first-order chi connectivity index (χ1) is 17.8. The molecular weight excluding hydrogens is 498 g/mol. The van der Waals surface area contributed by atoms with E-state index in [1.54, 1.807) is 82.9 Å². The van der Waals surface area contributed by atoms with Crippen molar-refractivity contribution in [2.24, 2.45) is 0 Å². The molecule has 5 aromatic rings. The fourth-order valence-corrected chi connectivity index (χ4v) is 4.94. The third kappa shape index (κ3) is 4.56. The quantitative estimate of drug-likeness (QED) is 0.290. The lowest BCUT2D eigenvalue weighted by molar-refractivity contribution is 0.355. The molecule has 0 unspecified atom stereocenters. The molecule has 37 heavy (non-hydrogen) atoms. The van der Waals surface area contributed by atoms with Gasteiger partial charge in [0.05, 0.1) is 26.2 Å². The Hall–Kier alpha value is -4.51. The summed E-state index contributed by atoms with van der Waals surface area (Å²) in [7, 11) is 0.795. The van der Waals surface area contributed by atoms with Crippen LogP contribution >= 0.6 is 0 Å². The predicted octanol–water partition coefficient (Wildman–Crippen LogP) is 5.28. The van der Waals surface area contributed by atoms with Crippen molar-refractivity contribution in [2.45, 2.75) is 11.8 Å². The van der Waals surface area contributed by atoms with E-state index in [2.05, 4.69) is 14.9 Å². The van der Waals surface area contributed by atoms with Crippen LogP contribution in [-0.2, 0) is 10.0 Å². The Morgan fingerprint density at radius 3 is 2.32 bits per heavy atom. The van der Waals surface area contributed by atoms with Crippen LogP contribution in [0, 0.1) is 6.92 Å². The predicted molar refractivity (Wildman–Crippen MR) is 137 cm³/mol. The van der Waals surface area contributed by atoms with E-state index in [0.717, 1.165) is 0 Å². The number of nitrogens with one attached hydrogen (secondary N) is 1. The highest BCUT2D eigenvalue weighted by Crippen LogP contribution is 2.36. The van der Waals surface area contributed by atoms with Crippen molar-refractivity contribution in [1.29, 1.82) is 0 Å². The molecule has 2 aromatic heterocycles. The van der Waals surface area contributed by atoms with Crippen LogP contribution in [0.2, 0.25) is 0 Å². The Kier molecular flexibility index (Phi) is 6.22. The molecule has 0 fully saturated rings. The van der Waals surface area contributed by atoms with Crippen LogP contribution in [0.5, 0.6) is 17.2 Å². The molecule has 0 amide bonds. The molecule has 1 N–H and O–H groups in total. The summed E-state index contributed by atoms with van der Waals surface area (Å²) in [6, 6.07) is 16.5. The Labute approximate surface area is 212 Å². The molecule has 3 aromatic carbocycles. The Morgan fingerprint density at radius 2 is 1.62 bits per heavy atom. The van der Waals surface area contributed by atoms with Crippen molar-refractivity contribution < 1.29 is 31.6 Å². The zero-order valence-corrected chi connectivity index (χ0v) is 21.3. The number of benzene rings is 3. The topological polar surface area (TPSA) is 126 Å². The number of fused-ring (bicyclic) bond motifs is 1. The van der Waals surface area contributed by atoms with E-state index >= 15 is 0 Å². The van der Waals surface area contributed by atoms with Gasteiger partial charge in [-0.25, -0.2) is 8.42 Å². The molecular formula is C26H23N3O7S. The van der Waals surface area contributed by atoms with Gasteiger partial charge < -0.3 is 23.2 Å². The lowest BCUT2D eigenvalue weighted by Gasteiger charge is -2.09. The molecule has 190 valence electrons. The van der Waals surface area contributed by atoms with Gasteiger partial charge in [-0.2, -0.15) is 4.98 Å². The van der Waals surface area contributed by atoms with Gasteiger partial charge in [0.1, 0.15) is 11.3 Å². The maximum absolute atomic E-state index is 13.0. The first-order valence-electron chi connectivity index (χ1n) is 11.1. The van der Waals surface area contributed by atoms with Crippen molar-refractivity contribution in [1.82, 2.24) is 10.1 Å². The molecule has 0 aliphatic rings. The second-order valence-electron chi connectivity index (χ2n) is 8.04. The lowest BCUT2D eigenvalue weighted by Crippen LogP contribution is -2.12. The zero-order valence-electron chi connectivity index (χ0n) is 20.4. The number of furan rings is 1. The van der Waals surface area contributed by atoms with Gasteiger partial charge >= 0.3 is 0 Å². The van der Waals surface area contributed by atoms with E-state index in [-0.39, 0.29) is 10.8 Å². The number of aryl methyl sites for hydroxylation is 1. The number of nitrogens with zero attached hydrogens (tertiary/aromatic N) is 2. The van der Waals surface area contributed by atoms with Gasteiger partial charge in [0.2, 0.25) is 5.82 Å². The summed E-state index contributed by atoms with van der Waals surface area (Å²) < 4.78 is 55.8. The number of hydrogen-bond donors (Lipinski definition) is 1. The zero-order chi connectivity index (χ0) is 26.2. The molecule has 11 heteroatoms.